The van der Waals surface area contributed by atoms with Gasteiger partial charge in [-0.05, 0) is 23.5 Å². The molecule has 0 fully saturated rings. The minimum absolute atomic E-state index is 0.0425. The lowest BCUT2D eigenvalue weighted by Gasteiger charge is -2.30. The molecule has 1 aromatic carbocycles. The van der Waals surface area contributed by atoms with Crippen LogP contribution in [0.3, 0.4) is 0 Å². The van der Waals surface area contributed by atoms with E-state index < -0.39 is 6.10 Å². The van der Waals surface area contributed by atoms with Crippen LogP contribution in [-0.4, -0.2) is 34.5 Å². The van der Waals surface area contributed by atoms with E-state index in [4.69, 9.17) is 0 Å². The Kier molecular flexibility index (Phi) is 3.95. The molecular weight excluding hydrogens is 254 g/mol. The fourth-order valence-corrected chi connectivity index (χ4v) is 2.57. The van der Waals surface area contributed by atoms with E-state index in [1.165, 1.54) is 4.90 Å². The summed E-state index contributed by atoms with van der Waals surface area (Å²) in [7, 11) is 0. The summed E-state index contributed by atoms with van der Waals surface area (Å²) in [6.45, 7) is 6.13. The second kappa shape index (κ2) is 5.37. The minimum Gasteiger partial charge on any atom is -0.391 e. The number of β-amino-alcohol motifs (C(OH)–C–C–N with tert-alkyl or cyclic N) is 1. The summed E-state index contributed by atoms with van der Waals surface area (Å²) < 4.78 is 0. The molecule has 2 amide bonds. The highest BCUT2D eigenvalue weighted by molar-refractivity contribution is 6.09. The zero-order valence-electron chi connectivity index (χ0n) is 12.2. The number of imide groups is 1. The normalized spacial score (nSPS) is 17.1. The van der Waals surface area contributed by atoms with Gasteiger partial charge in [-0.25, -0.2) is 0 Å². The number of carbonyl (C=O) groups excluding carboxylic acids is 2. The molecule has 0 saturated carbocycles. The second-order valence-corrected chi connectivity index (χ2v) is 6.56. The molecular formula is C16H21NO3. The van der Waals surface area contributed by atoms with Gasteiger partial charge in [-0.3, -0.25) is 14.5 Å². The van der Waals surface area contributed by atoms with Crippen LogP contribution in [0.15, 0.2) is 24.3 Å². The Morgan fingerprint density at radius 3 is 2.55 bits per heavy atom. The van der Waals surface area contributed by atoms with E-state index in [1.54, 1.807) is 18.2 Å². The van der Waals surface area contributed by atoms with Gasteiger partial charge in [0.15, 0.2) is 0 Å². The molecule has 1 aliphatic rings. The number of aliphatic hydroxyl groups is 1. The lowest BCUT2D eigenvalue weighted by Crippen LogP contribution is -2.46. The molecule has 0 radical (unpaired) electrons. The molecule has 1 aromatic rings. The molecule has 0 aromatic heterocycles. The molecule has 20 heavy (non-hydrogen) atoms. The van der Waals surface area contributed by atoms with E-state index in [1.807, 2.05) is 26.8 Å². The van der Waals surface area contributed by atoms with Gasteiger partial charge in [0.2, 0.25) is 5.91 Å². The number of rotatable bonds is 3. The number of fused-ring (bicyclic) bond motifs is 1. The van der Waals surface area contributed by atoms with Gasteiger partial charge in [-0.2, -0.15) is 0 Å². The first-order valence-corrected chi connectivity index (χ1v) is 6.88. The Bertz CT molecular complexity index is 531. The molecule has 0 aliphatic carbocycles. The number of aliphatic hydroxyl groups excluding tert-OH is 1. The average Bonchev–Trinajstić information content (AvgIpc) is 2.32. The van der Waals surface area contributed by atoms with Crippen molar-refractivity contribution >= 4 is 11.8 Å². The van der Waals surface area contributed by atoms with Gasteiger partial charge in [0, 0.05) is 5.56 Å². The lowest BCUT2D eigenvalue weighted by molar-refractivity contribution is -0.129. The third-order valence-corrected chi connectivity index (χ3v) is 3.38. The monoisotopic (exact) mass is 275 g/mol. The Morgan fingerprint density at radius 1 is 1.25 bits per heavy atom. The summed E-state index contributed by atoms with van der Waals surface area (Å²) in [6, 6.07) is 7.14. The maximum absolute atomic E-state index is 12.3. The highest BCUT2D eigenvalue weighted by Crippen LogP contribution is 2.24. The zero-order chi connectivity index (χ0) is 14.9. The van der Waals surface area contributed by atoms with Crippen molar-refractivity contribution in [2.24, 2.45) is 5.41 Å². The fraction of sp³-hybridized carbons (Fsp3) is 0.500. The predicted molar refractivity (Wildman–Crippen MR) is 76.3 cm³/mol. The summed E-state index contributed by atoms with van der Waals surface area (Å²) in [5.74, 6) is -0.536. The van der Waals surface area contributed by atoms with E-state index in [0.29, 0.717) is 12.0 Å². The standard InChI is InChI=1S/C16H21NO3/c1-16(2,3)9-12(18)10-17-14(19)8-11-6-4-5-7-13(11)15(17)20/h4-7,12,18H,8-10H2,1-3H3. The maximum Gasteiger partial charge on any atom is 0.260 e. The van der Waals surface area contributed by atoms with Gasteiger partial charge in [-0.1, -0.05) is 39.0 Å². The highest BCUT2D eigenvalue weighted by Gasteiger charge is 2.32. The zero-order valence-corrected chi connectivity index (χ0v) is 12.2. The third kappa shape index (κ3) is 3.25. The Hall–Kier alpha value is -1.68. The quantitative estimate of drug-likeness (QED) is 0.858. The van der Waals surface area contributed by atoms with Gasteiger partial charge >= 0.3 is 0 Å². The van der Waals surface area contributed by atoms with Crippen molar-refractivity contribution in [3.05, 3.63) is 35.4 Å². The van der Waals surface area contributed by atoms with Crippen molar-refractivity contribution in [1.82, 2.24) is 4.90 Å². The number of hydrogen-bond donors (Lipinski definition) is 1. The molecule has 1 unspecified atom stereocenters. The van der Waals surface area contributed by atoms with Crippen LogP contribution in [0.4, 0.5) is 0 Å². The summed E-state index contributed by atoms with van der Waals surface area (Å²) in [4.78, 5) is 25.6. The van der Waals surface area contributed by atoms with Crippen LogP contribution in [0.5, 0.6) is 0 Å². The predicted octanol–water partition coefficient (Wildman–Crippen LogP) is 2.01. The number of hydrogen-bond acceptors (Lipinski definition) is 3. The first-order chi connectivity index (χ1) is 9.28. The highest BCUT2D eigenvalue weighted by atomic mass is 16.3. The van der Waals surface area contributed by atoms with Gasteiger partial charge in [0.25, 0.3) is 5.91 Å². The van der Waals surface area contributed by atoms with Crippen LogP contribution >= 0.6 is 0 Å². The number of benzene rings is 1. The maximum atomic E-state index is 12.3. The summed E-state index contributed by atoms with van der Waals surface area (Å²) in [5.41, 5.74) is 1.29. The molecule has 0 saturated heterocycles. The van der Waals surface area contributed by atoms with Crippen LogP contribution in [0.2, 0.25) is 0 Å². The van der Waals surface area contributed by atoms with Gasteiger partial charge in [-0.15, -0.1) is 0 Å². The molecule has 1 heterocycles. The molecule has 1 atom stereocenters. The lowest BCUT2D eigenvalue weighted by atomic mass is 9.88. The summed E-state index contributed by atoms with van der Waals surface area (Å²) in [5, 5.41) is 10.1. The number of carbonyl (C=O) groups is 2. The van der Waals surface area contributed by atoms with E-state index in [0.717, 1.165) is 5.56 Å². The first-order valence-electron chi connectivity index (χ1n) is 6.88. The van der Waals surface area contributed by atoms with Crippen LogP contribution < -0.4 is 0 Å². The summed E-state index contributed by atoms with van der Waals surface area (Å²) in [6.07, 6.45) is 0.0868. The van der Waals surface area contributed by atoms with Crippen LogP contribution in [-0.2, 0) is 11.2 Å². The van der Waals surface area contributed by atoms with Crippen molar-refractivity contribution in [1.29, 1.82) is 0 Å². The van der Waals surface area contributed by atoms with Gasteiger partial charge < -0.3 is 5.11 Å². The van der Waals surface area contributed by atoms with E-state index in [-0.39, 0.29) is 30.2 Å². The largest absolute Gasteiger partial charge is 0.391 e. The van der Waals surface area contributed by atoms with Gasteiger partial charge in [0.05, 0.1) is 19.1 Å². The van der Waals surface area contributed by atoms with Crippen molar-refractivity contribution in [3.8, 4) is 0 Å². The molecule has 0 bridgehead atoms. The van der Waals surface area contributed by atoms with E-state index in [2.05, 4.69) is 0 Å². The SMILES string of the molecule is CC(C)(C)CC(O)CN1C(=O)Cc2ccccc2C1=O. The van der Waals surface area contributed by atoms with Crippen LogP contribution in [0.1, 0.15) is 43.1 Å². The van der Waals surface area contributed by atoms with Gasteiger partial charge in [0.1, 0.15) is 0 Å². The topological polar surface area (TPSA) is 57.6 Å². The van der Waals surface area contributed by atoms with Crippen molar-refractivity contribution < 1.29 is 14.7 Å². The molecule has 0 spiro atoms. The summed E-state index contributed by atoms with van der Waals surface area (Å²) >= 11 is 0. The molecule has 1 N–H and O–H groups in total. The van der Waals surface area contributed by atoms with E-state index in [9.17, 15) is 14.7 Å². The Morgan fingerprint density at radius 2 is 1.90 bits per heavy atom. The van der Waals surface area contributed by atoms with Crippen molar-refractivity contribution in [2.75, 3.05) is 6.54 Å². The average molecular weight is 275 g/mol. The Labute approximate surface area is 119 Å². The van der Waals surface area contributed by atoms with Crippen LogP contribution in [0, 0.1) is 5.41 Å². The molecule has 108 valence electrons. The van der Waals surface area contributed by atoms with E-state index >= 15 is 0 Å². The Balaban J connectivity index is 2.14. The molecule has 2 rings (SSSR count). The molecule has 4 heteroatoms. The molecule has 1 aliphatic heterocycles. The van der Waals surface area contributed by atoms with Crippen molar-refractivity contribution in [2.45, 2.75) is 39.7 Å². The van der Waals surface area contributed by atoms with Crippen molar-refractivity contribution in [3.63, 3.8) is 0 Å². The second-order valence-electron chi connectivity index (χ2n) is 6.56. The fourth-order valence-electron chi connectivity index (χ4n) is 2.57. The first kappa shape index (κ1) is 14.7. The smallest absolute Gasteiger partial charge is 0.260 e. The minimum atomic E-state index is -0.687. The van der Waals surface area contributed by atoms with Crippen LogP contribution in [0.25, 0.3) is 0 Å². The number of nitrogens with zero attached hydrogens (tertiary/aromatic N) is 1. The number of amides is 2. The molecule has 4 nitrogen and oxygen atoms in total. The third-order valence-electron chi connectivity index (χ3n) is 3.38.